The number of amides is 1. The lowest BCUT2D eigenvalue weighted by atomic mass is 9.85. The number of nitrogens with one attached hydrogen (secondary N) is 2. The number of hydrogen-bond acceptors (Lipinski definition) is 3. The van der Waals surface area contributed by atoms with Gasteiger partial charge in [0, 0.05) is 12.2 Å². The molecule has 1 unspecified atom stereocenters. The average Bonchev–Trinajstić information content (AvgIpc) is 2.91. The number of hydrogen-bond donors (Lipinski definition) is 2. The van der Waals surface area contributed by atoms with Crippen molar-refractivity contribution in [1.29, 1.82) is 0 Å². The van der Waals surface area contributed by atoms with E-state index in [-0.39, 0.29) is 19.5 Å². The van der Waals surface area contributed by atoms with Gasteiger partial charge >= 0.3 is 6.18 Å². The SMILES string of the molecule is CCOc1ccc(NC(=O)C2(C(F)(F)F)CCNC2)cc1. The van der Waals surface area contributed by atoms with E-state index < -0.39 is 17.5 Å². The van der Waals surface area contributed by atoms with Crippen LogP contribution in [-0.4, -0.2) is 31.8 Å². The first-order chi connectivity index (χ1) is 9.89. The lowest BCUT2D eigenvalue weighted by Crippen LogP contribution is -2.49. The van der Waals surface area contributed by atoms with Crippen LogP contribution in [0.4, 0.5) is 18.9 Å². The summed E-state index contributed by atoms with van der Waals surface area (Å²) in [5, 5.41) is 4.96. The molecule has 4 nitrogen and oxygen atoms in total. The van der Waals surface area contributed by atoms with Crippen molar-refractivity contribution >= 4 is 11.6 Å². The van der Waals surface area contributed by atoms with Crippen LogP contribution in [0.15, 0.2) is 24.3 Å². The Morgan fingerprint density at radius 2 is 2.05 bits per heavy atom. The van der Waals surface area contributed by atoms with E-state index in [1.165, 1.54) is 12.1 Å². The van der Waals surface area contributed by atoms with Crippen LogP contribution in [0.5, 0.6) is 5.75 Å². The quantitative estimate of drug-likeness (QED) is 0.899. The summed E-state index contributed by atoms with van der Waals surface area (Å²) in [6.07, 6.45) is -4.83. The molecule has 2 N–H and O–H groups in total. The average molecular weight is 302 g/mol. The number of benzene rings is 1. The molecular weight excluding hydrogens is 285 g/mol. The van der Waals surface area contributed by atoms with Gasteiger partial charge in [-0.1, -0.05) is 0 Å². The molecule has 1 aliphatic heterocycles. The van der Waals surface area contributed by atoms with Crippen LogP contribution in [0.2, 0.25) is 0 Å². The van der Waals surface area contributed by atoms with E-state index in [0.29, 0.717) is 18.0 Å². The van der Waals surface area contributed by atoms with Crippen molar-refractivity contribution in [3.63, 3.8) is 0 Å². The number of ether oxygens (including phenoxy) is 1. The fourth-order valence-corrected chi connectivity index (χ4v) is 2.31. The fourth-order valence-electron chi connectivity index (χ4n) is 2.31. The molecule has 1 aromatic carbocycles. The summed E-state index contributed by atoms with van der Waals surface area (Å²) in [6, 6.07) is 6.25. The highest BCUT2D eigenvalue weighted by molar-refractivity contribution is 5.96. The molecule has 0 saturated carbocycles. The second-order valence-electron chi connectivity index (χ2n) is 4.92. The Hall–Kier alpha value is -1.76. The van der Waals surface area contributed by atoms with Crippen LogP contribution in [-0.2, 0) is 4.79 Å². The third-order valence-corrected chi connectivity index (χ3v) is 3.56. The van der Waals surface area contributed by atoms with Crippen LogP contribution in [0, 0.1) is 5.41 Å². The number of halogens is 3. The highest BCUT2D eigenvalue weighted by Crippen LogP contribution is 2.43. The number of carbonyl (C=O) groups excluding carboxylic acids is 1. The Bertz CT molecular complexity index is 494. The van der Waals surface area contributed by atoms with Gasteiger partial charge in [0.15, 0.2) is 5.41 Å². The van der Waals surface area contributed by atoms with Crippen molar-refractivity contribution in [3.8, 4) is 5.75 Å². The molecule has 1 fully saturated rings. The zero-order valence-electron chi connectivity index (χ0n) is 11.6. The molecule has 0 aliphatic carbocycles. The third-order valence-electron chi connectivity index (χ3n) is 3.56. The molecule has 1 aromatic rings. The predicted octanol–water partition coefficient (Wildman–Crippen LogP) is 2.57. The summed E-state index contributed by atoms with van der Waals surface area (Å²) in [6.45, 7) is 2.11. The summed E-state index contributed by atoms with van der Waals surface area (Å²) in [5.41, 5.74) is -2.04. The standard InChI is InChI=1S/C14H17F3N2O2/c1-2-21-11-5-3-10(4-6-11)19-12(20)13(14(15,16)17)7-8-18-9-13/h3-6,18H,2,7-9H2,1H3,(H,19,20). The minimum Gasteiger partial charge on any atom is -0.494 e. The smallest absolute Gasteiger partial charge is 0.404 e. The molecule has 0 radical (unpaired) electrons. The highest BCUT2D eigenvalue weighted by Gasteiger charge is 2.61. The van der Waals surface area contributed by atoms with E-state index in [4.69, 9.17) is 4.74 Å². The molecular formula is C14H17F3N2O2. The van der Waals surface area contributed by atoms with Crippen molar-refractivity contribution in [2.24, 2.45) is 5.41 Å². The van der Waals surface area contributed by atoms with Gasteiger partial charge in [0.25, 0.3) is 0 Å². The van der Waals surface area contributed by atoms with E-state index in [2.05, 4.69) is 10.6 Å². The van der Waals surface area contributed by atoms with Gasteiger partial charge in [-0.2, -0.15) is 13.2 Å². The highest BCUT2D eigenvalue weighted by atomic mass is 19.4. The second kappa shape index (κ2) is 5.93. The van der Waals surface area contributed by atoms with Crippen molar-refractivity contribution in [2.75, 3.05) is 25.0 Å². The summed E-state index contributed by atoms with van der Waals surface area (Å²) < 4.78 is 44.9. The lowest BCUT2D eigenvalue weighted by Gasteiger charge is -2.29. The van der Waals surface area contributed by atoms with E-state index in [0.717, 1.165) is 0 Å². The Morgan fingerprint density at radius 3 is 2.52 bits per heavy atom. The summed E-state index contributed by atoms with van der Waals surface area (Å²) >= 11 is 0. The molecule has 116 valence electrons. The summed E-state index contributed by atoms with van der Waals surface area (Å²) in [5.74, 6) is -0.423. The fraction of sp³-hybridized carbons (Fsp3) is 0.500. The number of alkyl halides is 3. The van der Waals surface area contributed by atoms with Crippen molar-refractivity contribution < 1.29 is 22.7 Å². The third kappa shape index (κ3) is 3.12. The first-order valence-electron chi connectivity index (χ1n) is 6.71. The molecule has 1 atom stereocenters. The Kier molecular flexibility index (Phi) is 4.41. The first-order valence-corrected chi connectivity index (χ1v) is 6.71. The van der Waals surface area contributed by atoms with Gasteiger partial charge in [0.05, 0.1) is 6.61 Å². The molecule has 7 heteroatoms. The zero-order chi connectivity index (χ0) is 15.5. The Labute approximate surface area is 120 Å². The molecule has 0 aromatic heterocycles. The van der Waals surface area contributed by atoms with Crippen molar-refractivity contribution in [3.05, 3.63) is 24.3 Å². The van der Waals surface area contributed by atoms with Gasteiger partial charge < -0.3 is 15.4 Å². The zero-order valence-corrected chi connectivity index (χ0v) is 11.6. The van der Waals surface area contributed by atoms with Crippen LogP contribution in [0.25, 0.3) is 0 Å². The van der Waals surface area contributed by atoms with Gasteiger partial charge in [-0.15, -0.1) is 0 Å². The van der Waals surface area contributed by atoms with Gasteiger partial charge in [0.2, 0.25) is 5.91 Å². The van der Waals surface area contributed by atoms with Crippen molar-refractivity contribution in [2.45, 2.75) is 19.5 Å². The molecule has 1 aliphatic rings. The minimum atomic E-state index is -4.58. The normalized spacial score (nSPS) is 22.1. The predicted molar refractivity (Wildman–Crippen MR) is 72.2 cm³/mol. The topological polar surface area (TPSA) is 50.4 Å². The van der Waals surface area contributed by atoms with Gasteiger partial charge in [-0.3, -0.25) is 4.79 Å². The number of carbonyl (C=O) groups is 1. The van der Waals surface area contributed by atoms with Gasteiger partial charge in [0.1, 0.15) is 5.75 Å². The second-order valence-corrected chi connectivity index (χ2v) is 4.92. The molecule has 2 rings (SSSR count). The molecule has 1 amide bonds. The molecule has 1 saturated heterocycles. The Morgan fingerprint density at radius 1 is 1.38 bits per heavy atom. The van der Waals surface area contributed by atoms with Crippen LogP contribution in [0.1, 0.15) is 13.3 Å². The Balaban J connectivity index is 2.12. The summed E-state index contributed by atoms with van der Waals surface area (Å²) in [7, 11) is 0. The van der Waals surface area contributed by atoms with Gasteiger partial charge in [-0.05, 0) is 44.2 Å². The molecule has 21 heavy (non-hydrogen) atoms. The van der Waals surface area contributed by atoms with Crippen LogP contribution < -0.4 is 15.4 Å². The van der Waals surface area contributed by atoms with E-state index in [1.807, 2.05) is 6.92 Å². The molecule has 0 spiro atoms. The summed E-state index contributed by atoms with van der Waals surface area (Å²) in [4.78, 5) is 12.1. The number of anilines is 1. The van der Waals surface area contributed by atoms with Gasteiger partial charge in [-0.25, -0.2) is 0 Å². The largest absolute Gasteiger partial charge is 0.494 e. The van der Waals surface area contributed by atoms with E-state index >= 15 is 0 Å². The van der Waals surface area contributed by atoms with Crippen LogP contribution in [0.3, 0.4) is 0 Å². The maximum absolute atomic E-state index is 13.2. The van der Waals surface area contributed by atoms with E-state index in [1.54, 1.807) is 12.1 Å². The monoisotopic (exact) mass is 302 g/mol. The molecule has 0 bridgehead atoms. The number of rotatable bonds is 4. The lowest BCUT2D eigenvalue weighted by molar-refractivity contribution is -0.213. The molecule has 1 heterocycles. The first kappa shape index (κ1) is 15.6. The van der Waals surface area contributed by atoms with Crippen LogP contribution >= 0.6 is 0 Å². The van der Waals surface area contributed by atoms with E-state index in [9.17, 15) is 18.0 Å². The maximum Gasteiger partial charge on any atom is 0.404 e. The maximum atomic E-state index is 13.2. The minimum absolute atomic E-state index is 0.177. The van der Waals surface area contributed by atoms with Crippen molar-refractivity contribution in [1.82, 2.24) is 5.32 Å².